The lowest BCUT2D eigenvalue weighted by atomic mass is 10.0. The summed E-state index contributed by atoms with van der Waals surface area (Å²) in [6.07, 6.45) is -0.470. The molecule has 2 aromatic rings. The summed E-state index contributed by atoms with van der Waals surface area (Å²) in [5.74, 6) is 0. The van der Waals surface area contributed by atoms with Crippen LogP contribution in [0.5, 0.6) is 0 Å². The summed E-state index contributed by atoms with van der Waals surface area (Å²) in [6, 6.07) is 4.42. The molecule has 0 bridgehead atoms. The molecule has 2 nitrogen and oxygen atoms in total. The number of halogens is 4. The van der Waals surface area contributed by atoms with Crippen LogP contribution in [0.2, 0.25) is 0 Å². The maximum Gasteiger partial charge on any atom is 0.417 e. The highest BCUT2D eigenvalue weighted by Gasteiger charge is 2.31. The molecule has 0 fully saturated rings. The van der Waals surface area contributed by atoms with Gasteiger partial charge in [0, 0.05) is 29.5 Å². The molecule has 0 spiro atoms. The lowest BCUT2D eigenvalue weighted by molar-refractivity contribution is -0.137. The third kappa shape index (κ3) is 2.69. The third-order valence-electron chi connectivity index (χ3n) is 2.42. The van der Waals surface area contributed by atoms with E-state index in [9.17, 15) is 13.2 Å². The number of pyridine rings is 2. The Kier molecular flexibility index (Phi) is 3.65. The van der Waals surface area contributed by atoms with E-state index >= 15 is 0 Å². The highest BCUT2D eigenvalue weighted by atomic mass is 79.9. The van der Waals surface area contributed by atoms with Crippen molar-refractivity contribution in [2.24, 2.45) is 0 Å². The van der Waals surface area contributed by atoms with E-state index in [0.717, 1.165) is 12.3 Å². The Morgan fingerprint density at radius 1 is 1.17 bits per heavy atom. The number of alkyl halides is 4. The summed E-state index contributed by atoms with van der Waals surface area (Å²) in [6.45, 7) is 0. The van der Waals surface area contributed by atoms with Crippen molar-refractivity contribution in [3.8, 4) is 11.1 Å². The van der Waals surface area contributed by atoms with E-state index in [2.05, 4.69) is 25.9 Å². The average Bonchev–Trinajstić information content (AvgIpc) is 2.38. The topological polar surface area (TPSA) is 25.8 Å². The summed E-state index contributed by atoms with van der Waals surface area (Å²) in [4.78, 5) is 7.70. The number of nitrogens with zero attached hydrogens (tertiary/aromatic N) is 2. The molecule has 0 aliphatic heterocycles. The van der Waals surface area contributed by atoms with E-state index in [1.807, 2.05) is 0 Å². The van der Waals surface area contributed by atoms with Crippen molar-refractivity contribution in [1.82, 2.24) is 9.97 Å². The molecule has 0 saturated heterocycles. The van der Waals surface area contributed by atoms with Crippen molar-refractivity contribution in [3.63, 3.8) is 0 Å². The van der Waals surface area contributed by atoms with E-state index in [-0.39, 0.29) is 0 Å². The minimum Gasteiger partial charge on any atom is -0.265 e. The molecule has 0 aromatic carbocycles. The van der Waals surface area contributed by atoms with Crippen molar-refractivity contribution in [2.45, 2.75) is 11.5 Å². The van der Waals surface area contributed by atoms with Crippen LogP contribution >= 0.6 is 15.9 Å². The van der Waals surface area contributed by atoms with Crippen LogP contribution in [0.3, 0.4) is 0 Å². The quantitative estimate of drug-likeness (QED) is 0.781. The van der Waals surface area contributed by atoms with Crippen LogP contribution in [0, 0.1) is 0 Å². The molecule has 0 amide bonds. The maximum absolute atomic E-state index is 12.7. The molecular formula is C12H8BrF3N2. The SMILES string of the molecule is FC(F)(F)c1cnc(CBr)c(-c2ccncc2)c1. The fourth-order valence-electron chi connectivity index (χ4n) is 1.54. The minimum atomic E-state index is -4.39. The highest BCUT2D eigenvalue weighted by molar-refractivity contribution is 9.08. The van der Waals surface area contributed by atoms with E-state index < -0.39 is 11.7 Å². The summed E-state index contributed by atoms with van der Waals surface area (Å²) >= 11 is 3.22. The Balaban J connectivity index is 2.57. The minimum absolute atomic E-state index is 0.392. The van der Waals surface area contributed by atoms with Crippen molar-refractivity contribution in [1.29, 1.82) is 0 Å². The van der Waals surface area contributed by atoms with Gasteiger partial charge in [0.2, 0.25) is 0 Å². The van der Waals surface area contributed by atoms with Crippen LogP contribution in [0.15, 0.2) is 36.8 Å². The van der Waals surface area contributed by atoms with E-state index in [1.165, 1.54) is 12.4 Å². The standard InChI is InChI=1S/C12H8BrF3N2/c13-6-11-10(8-1-3-17-4-2-8)5-9(7-18-11)12(14,15)16/h1-5,7H,6H2. The second-order valence-corrected chi connectivity index (χ2v) is 4.15. The Labute approximate surface area is 110 Å². The van der Waals surface area contributed by atoms with Crippen molar-refractivity contribution in [3.05, 3.63) is 48.0 Å². The maximum atomic E-state index is 12.7. The molecule has 0 radical (unpaired) electrons. The Morgan fingerprint density at radius 3 is 2.39 bits per heavy atom. The second-order valence-electron chi connectivity index (χ2n) is 3.59. The van der Waals surface area contributed by atoms with Gasteiger partial charge in [0.05, 0.1) is 11.3 Å². The summed E-state index contributed by atoms with van der Waals surface area (Å²) in [5, 5.41) is 0.392. The van der Waals surface area contributed by atoms with Gasteiger partial charge in [-0.2, -0.15) is 13.2 Å². The summed E-state index contributed by atoms with van der Waals surface area (Å²) < 4.78 is 38.0. The average molecular weight is 317 g/mol. The molecule has 6 heteroatoms. The monoisotopic (exact) mass is 316 g/mol. The number of hydrogen-bond acceptors (Lipinski definition) is 2. The molecule has 0 N–H and O–H groups in total. The van der Waals surface area contributed by atoms with Crippen LogP contribution < -0.4 is 0 Å². The van der Waals surface area contributed by atoms with Gasteiger partial charge in [0.25, 0.3) is 0 Å². The van der Waals surface area contributed by atoms with E-state index in [4.69, 9.17) is 0 Å². The molecular weight excluding hydrogens is 309 g/mol. The van der Waals surface area contributed by atoms with Crippen LogP contribution in [-0.4, -0.2) is 9.97 Å². The number of aromatic nitrogens is 2. The zero-order valence-electron chi connectivity index (χ0n) is 9.08. The van der Waals surface area contributed by atoms with Gasteiger partial charge in [0.1, 0.15) is 0 Å². The Bertz CT molecular complexity index is 541. The number of hydrogen-bond donors (Lipinski definition) is 0. The molecule has 94 valence electrons. The largest absolute Gasteiger partial charge is 0.417 e. The van der Waals surface area contributed by atoms with Gasteiger partial charge in [-0.25, -0.2) is 0 Å². The predicted molar refractivity (Wildman–Crippen MR) is 65.1 cm³/mol. The smallest absolute Gasteiger partial charge is 0.265 e. The molecule has 2 rings (SSSR count). The van der Waals surface area contributed by atoms with Gasteiger partial charge in [-0.05, 0) is 23.8 Å². The van der Waals surface area contributed by atoms with E-state index in [0.29, 0.717) is 22.2 Å². The molecule has 0 saturated carbocycles. The van der Waals surface area contributed by atoms with Gasteiger partial charge < -0.3 is 0 Å². The lowest BCUT2D eigenvalue weighted by Gasteiger charge is -2.11. The second kappa shape index (κ2) is 5.06. The first-order valence-electron chi connectivity index (χ1n) is 5.05. The first-order chi connectivity index (χ1) is 8.52. The van der Waals surface area contributed by atoms with Gasteiger partial charge in [0.15, 0.2) is 0 Å². The summed E-state index contributed by atoms with van der Waals surface area (Å²) in [7, 11) is 0. The van der Waals surface area contributed by atoms with Crippen LogP contribution in [0.25, 0.3) is 11.1 Å². The van der Waals surface area contributed by atoms with Crippen molar-refractivity contribution >= 4 is 15.9 Å². The van der Waals surface area contributed by atoms with E-state index in [1.54, 1.807) is 12.1 Å². The molecule has 0 aliphatic carbocycles. The Hall–Kier alpha value is -1.43. The van der Waals surface area contributed by atoms with Gasteiger partial charge in [-0.3, -0.25) is 9.97 Å². The van der Waals surface area contributed by atoms with Gasteiger partial charge in [-0.1, -0.05) is 15.9 Å². The zero-order valence-corrected chi connectivity index (χ0v) is 10.7. The van der Waals surface area contributed by atoms with Gasteiger partial charge in [-0.15, -0.1) is 0 Å². The predicted octanol–water partition coefficient (Wildman–Crippen LogP) is 4.06. The fraction of sp³-hybridized carbons (Fsp3) is 0.167. The van der Waals surface area contributed by atoms with Crippen LogP contribution in [-0.2, 0) is 11.5 Å². The Morgan fingerprint density at radius 2 is 1.83 bits per heavy atom. The van der Waals surface area contributed by atoms with Crippen molar-refractivity contribution in [2.75, 3.05) is 0 Å². The van der Waals surface area contributed by atoms with Crippen molar-refractivity contribution < 1.29 is 13.2 Å². The molecule has 2 aromatic heterocycles. The molecule has 0 aliphatic rings. The van der Waals surface area contributed by atoms with Crippen LogP contribution in [0.4, 0.5) is 13.2 Å². The lowest BCUT2D eigenvalue weighted by Crippen LogP contribution is -2.07. The molecule has 2 heterocycles. The highest BCUT2D eigenvalue weighted by Crippen LogP contribution is 2.33. The fourth-order valence-corrected chi connectivity index (χ4v) is 1.98. The summed E-state index contributed by atoms with van der Waals surface area (Å²) in [5.41, 5.74) is 0.940. The molecule has 0 unspecified atom stereocenters. The molecule has 18 heavy (non-hydrogen) atoms. The van der Waals surface area contributed by atoms with Crippen LogP contribution in [0.1, 0.15) is 11.3 Å². The zero-order chi connectivity index (χ0) is 13.2. The van der Waals surface area contributed by atoms with Gasteiger partial charge >= 0.3 is 6.18 Å². The number of rotatable bonds is 2. The third-order valence-corrected chi connectivity index (χ3v) is 2.95. The normalized spacial score (nSPS) is 11.6. The first kappa shape index (κ1) is 13.0. The molecule has 0 atom stereocenters. The first-order valence-corrected chi connectivity index (χ1v) is 6.17.